The van der Waals surface area contributed by atoms with Crippen molar-refractivity contribution in [2.24, 2.45) is 0 Å². The standard InChI is InChI=1S/C25H36N4O3S/c1-25(24(31)26-19-7-5-3-2-4-6-8-19)18-28-20-9-16-33-22(20)17-21(28)23(30)29(25)11-10-27-12-14-32-15-13-27/h9,16-17,19H,2-8,10-15,18H2,1H3,(H,26,31)/t25-/m1/s1. The van der Waals surface area contributed by atoms with Crippen LogP contribution >= 0.6 is 11.3 Å². The number of hydrogen-bond acceptors (Lipinski definition) is 5. The highest BCUT2D eigenvalue weighted by atomic mass is 32.1. The predicted molar refractivity (Wildman–Crippen MR) is 131 cm³/mol. The van der Waals surface area contributed by atoms with Gasteiger partial charge >= 0.3 is 0 Å². The van der Waals surface area contributed by atoms with Gasteiger partial charge in [-0.1, -0.05) is 32.1 Å². The predicted octanol–water partition coefficient (Wildman–Crippen LogP) is 3.48. The van der Waals surface area contributed by atoms with Crippen LogP contribution in [0.3, 0.4) is 0 Å². The zero-order valence-electron chi connectivity index (χ0n) is 19.7. The summed E-state index contributed by atoms with van der Waals surface area (Å²) in [5.41, 5.74) is 0.850. The van der Waals surface area contributed by atoms with Crippen LogP contribution in [0.4, 0.5) is 0 Å². The van der Waals surface area contributed by atoms with Gasteiger partial charge in [-0.2, -0.15) is 0 Å². The van der Waals surface area contributed by atoms with E-state index in [0.29, 0.717) is 18.8 Å². The average Bonchev–Trinajstić information content (AvgIpc) is 3.38. The normalized spacial score (nSPS) is 25.6. The Morgan fingerprint density at radius 2 is 1.88 bits per heavy atom. The van der Waals surface area contributed by atoms with Gasteiger partial charge in [0, 0.05) is 32.2 Å². The van der Waals surface area contributed by atoms with E-state index in [0.717, 1.165) is 55.9 Å². The van der Waals surface area contributed by atoms with Gasteiger partial charge in [-0.05, 0) is 37.3 Å². The molecule has 2 fully saturated rings. The summed E-state index contributed by atoms with van der Waals surface area (Å²) in [4.78, 5) is 31.8. The van der Waals surface area contributed by atoms with Crippen molar-refractivity contribution in [1.29, 1.82) is 0 Å². The number of ether oxygens (including phenoxy) is 1. The maximum atomic E-state index is 13.9. The van der Waals surface area contributed by atoms with Crippen molar-refractivity contribution in [3.63, 3.8) is 0 Å². The molecule has 2 aromatic rings. The zero-order valence-corrected chi connectivity index (χ0v) is 20.5. The van der Waals surface area contributed by atoms with E-state index in [1.165, 1.54) is 32.1 Å². The Morgan fingerprint density at radius 3 is 2.64 bits per heavy atom. The summed E-state index contributed by atoms with van der Waals surface area (Å²) < 4.78 is 8.65. The molecule has 1 saturated heterocycles. The van der Waals surface area contributed by atoms with Gasteiger partial charge in [0.2, 0.25) is 5.91 Å². The van der Waals surface area contributed by atoms with Crippen LogP contribution in [-0.4, -0.2) is 77.2 Å². The van der Waals surface area contributed by atoms with E-state index in [4.69, 9.17) is 4.74 Å². The van der Waals surface area contributed by atoms with Gasteiger partial charge in [0.1, 0.15) is 11.2 Å². The molecule has 1 aliphatic carbocycles. The van der Waals surface area contributed by atoms with Crippen LogP contribution in [0.2, 0.25) is 0 Å². The summed E-state index contributed by atoms with van der Waals surface area (Å²) >= 11 is 1.65. The molecule has 2 aromatic heterocycles. The van der Waals surface area contributed by atoms with Crippen molar-refractivity contribution in [2.45, 2.75) is 70.0 Å². The van der Waals surface area contributed by atoms with Crippen LogP contribution in [-0.2, 0) is 16.1 Å². The minimum Gasteiger partial charge on any atom is -0.379 e. The molecular weight excluding hydrogens is 436 g/mol. The third-order valence-corrected chi connectivity index (χ3v) is 8.57. The summed E-state index contributed by atoms with van der Waals surface area (Å²) in [5.74, 6) is -0.0423. The highest BCUT2D eigenvalue weighted by molar-refractivity contribution is 7.17. The lowest BCUT2D eigenvalue weighted by Gasteiger charge is -2.45. The van der Waals surface area contributed by atoms with Crippen LogP contribution in [0.1, 0.15) is 62.4 Å². The highest BCUT2D eigenvalue weighted by Crippen LogP contribution is 2.34. The third kappa shape index (κ3) is 4.57. The first-order valence-electron chi connectivity index (χ1n) is 12.6. The molecule has 7 nitrogen and oxygen atoms in total. The van der Waals surface area contributed by atoms with E-state index in [2.05, 4.69) is 26.2 Å². The number of amides is 2. The minimum atomic E-state index is -0.910. The number of carbonyl (C=O) groups is 2. The van der Waals surface area contributed by atoms with Crippen molar-refractivity contribution < 1.29 is 14.3 Å². The fraction of sp³-hybridized carbons (Fsp3) is 0.680. The van der Waals surface area contributed by atoms with Crippen molar-refractivity contribution in [2.75, 3.05) is 39.4 Å². The molecule has 1 N–H and O–H groups in total. The Labute approximate surface area is 200 Å². The van der Waals surface area contributed by atoms with Crippen molar-refractivity contribution in [3.8, 4) is 0 Å². The van der Waals surface area contributed by atoms with Crippen LogP contribution in [0, 0.1) is 0 Å². The number of aromatic nitrogens is 1. The SMILES string of the molecule is C[C@]1(C(=O)NC2CCCCCCC2)Cn2c(cc3sccc32)C(=O)N1CCN1CCOCC1. The van der Waals surface area contributed by atoms with Crippen LogP contribution < -0.4 is 5.32 Å². The van der Waals surface area contributed by atoms with Gasteiger partial charge < -0.3 is 19.5 Å². The molecule has 0 radical (unpaired) electrons. The van der Waals surface area contributed by atoms with Gasteiger partial charge in [-0.15, -0.1) is 11.3 Å². The largest absolute Gasteiger partial charge is 0.379 e. The number of nitrogens with zero attached hydrogens (tertiary/aromatic N) is 3. The van der Waals surface area contributed by atoms with E-state index < -0.39 is 5.54 Å². The molecule has 5 rings (SSSR count). The van der Waals surface area contributed by atoms with E-state index in [-0.39, 0.29) is 17.9 Å². The lowest BCUT2D eigenvalue weighted by atomic mass is 9.92. The van der Waals surface area contributed by atoms with Gasteiger partial charge in [0.15, 0.2) is 0 Å². The molecule has 4 heterocycles. The van der Waals surface area contributed by atoms with Crippen LogP contribution in [0.5, 0.6) is 0 Å². The maximum absolute atomic E-state index is 13.9. The lowest BCUT2D eigenvalue weighted by molar-refractivity contribution is -0.134. The van der Waals surface area contributed by atoms with Crippen molar-refractivity contribution in [3.05, 3.63) is 23.2 Å². The molecule has 33 heavy (non-hydrogen) atoms. The fourth-order valence-electron chi connectivity index (χ4n) is 5.63. The Morgan fingerprint density at radius 1 is 1.15 bits per heavy atom. The first-order valence-corrected chi connectivity index (χ1v) is 13.4. The van der Waals surface area contributed by atoms with Gasteiger partial charge in [0.05, 0.1) is 30.0 Å². The van der Waals surface area contributed by atoms with Gasteiger partial charge in [-0.25, -0.2) is 0 Å². The fourth-order valence-corrected chi connectivity index (χ4v) is 6.45. The smallest absolute Gasteiger partial charge is 0.271 e. The molecule has 0 unspecified atom stereocenters. The number of thiophene rings is 1. The van der Waals surface area contributed by atoms with Crippen molar-refractivity contribution in [1.82, 2.24) is 19.7 Å². The van der Waals surface area contributed by atoms with Crippen LogP contribution in [0.25, 0.3) is 10.2 Å². The second-order valence-electron chi connectivity index (χ2n) is 9.99. The Bertz CT molecular complexity index is 987. The molecule has 0 aromatic carbocycles. The molecule has 180 valence electrons. The lowest BCUT2D eigenvalue weighted by Crippen LogP contribution is -2.65. The van der Waals surface area contributed by atoms with Crippen LogP contribution in [0.15, 0.2) is 17.5 Å². The molecule has 0 bridgehead atoms. The first kappa shape index (κ1) is 22.9. The van der Waals surface area contributed by atoms with E-state index in [1.54, 1.807) is 11.3 Å². The number of carbonyl (C=O) groups excluding carboxylic acids is 2. The summed E-state index contributed by atoms with van der Waals surface area (Å²) in [6.45, 7) is 6.97. The second kappa shape index (κ2) is 9.76. The number of nitrogens with one attached hydrogen (secondary N) is 1. The summed E-state index contributed by atoms with van der Waals surface area (Å²) in [7, 11) is 0. The molecule has 2 aliphatic heterocycles. The molecule has 1 saturated carbocycles. The third-order valence-electron chi connectivity index (χ3n) is 7.72. The maximum Gasteiger partial charge on any atom is 0.271 e. The number of rotatable bonds is 5. The zero-order chi connectivity index (χ0) is 22.8. The van der Waals surface area contributed by atoms with E-state index in [9.17, 15) is 9.59 Å². The first-order chi connectivity index (χ1) is 16.1. The summed E-state index contributed by atoms with van der Waals surface area (Å²) in [6, 6.07) is 4.27. The summed E-state index contributed by atoms with van der Waals surface area (Å²) in [6.07, 6.45) is 8.19. The Hall–Kier alpha value is -1.90. The minimum absolute atomic E-state index is 0.00821. The second-order valence-corrected chi connectivity index (χ2v) is 10.9. The number of fused-ring (bicyclic) bond motifs is 3. The summed E-state index contributed by atoms with van der Waals surface area (Å²) in [5, 5.41) is 5.43. The molecule has 8 heteroatoms. The average molecular weight is 473 g/mol. The van der Waals surface area contributed by atoms with E-state index in [1.807, 2.05) is 17.9 Å². The molecule has 0 spiro atoms. The van der Waals surface area contributed by atoms with E-state index >= 15 is 0 Å². The highest BCUT2D eigenvalue weighted by Gasteiger charge is 2.48. The van der Waals surface area contributed by atoms with Gasteiger partial charge in [-0.3, -0.25) is 14.5 Å². The van der Waals surface area contributed by atoms with Gasteiger partial charge in [0.25, 0.3) is 5.91 Å². The Balaban J connectivity index is 1.40. The monoisotopic (exact) mass is 472 g/mol. The quantitative estimate of drug-likeness (QED) is 0.724. The number of morpholine rings is 1. The molecular formula is C25H36N4O3S. The number of hydrogen-bond donors (Lipinski definition) is 1. The molecule has 3 aliphatic rings. The topological polar surface area (TPSA) is 66.8 Å². The Kier molecular flexibility index (Phi) is 6.77. The van der Waals surface area contributed by atoms with Crippen molar-refractivity contribution >= 4 is 33.4 Å². The molecule has 2 amide bonds. The molecule has 1 atom stereocenters.